The minimum absolute atomic E-state index is 0.0847. The molecule has 2 aromatic rings. The lowest BCUT2D eigenvalue weighted by Crippen LogP contribution is -2.57. The average molecular weight is 416 g/mol. The highest BCUT2D eigenvalue weighted by molar-refractivity contribution is 9.10. The molecule has 0 radical (unpaired) electrons. The molecule has 1 aromatic carbocycles. The van der Waals surface area contributed by atoms with Crippen LogP contribution in [0, 0.1) is 5.82 Å². The predicted molar refractivity (Wildman–Crippen MR) is 91.1 cm³/mol. The second kappa shape index (κ2) is 5.42. The van der Waals surface area contributed by atoms with E-state index in [2.05, 4.69) is 25.9 Å². The molecule has 1 spiro atoms. The number of aromatic nitrogens is 2. The Bertz CT molecular complexity index is 861. The number of hydrogen-bond acceptors (Lipinski definition) is 4. The van der Waals surface area contributed by atoms with Crippen LogP contribution < -0.4 is 4.90 Å². The van der Waals surface area contributed by atoms with Gasteiger partial charge in [-0.1, -0.05) is 0 Å². The molecule has 4 rings (SSSR count). The van der Waals surface area contributed by atoms with Gasteiger partial charge in [-0.25, -0.2) is 14.2 Å². The number of fused-ring (bicyclic) bond motifs is 1. The van der Waals surface area contributed by atoms with Gasteiger partial charge in [-0.2, -0.15) is 4.98 Å². The van der Waals surface area contributed by atoms with Crippen LogP contribution in [0.1, 0.15) is 12.8 Å². The van der Waals surface area contributed by atoms with E-state index >= 15 is 0 Å². The zero-order valence-electron chi connectivity index (χ0n) is 12.5. The predicted octanol–water partition coefficient (Wildman–Crippen LogP) is 3.52. The SMILES string of the molecule is O=C(O)N1CCN(c2nc(Cl)nc3cc(Br)c(F)cc23)CC12CC2. The van der Waals surface area contributed by atoms with Crippen molar-refractivity contribution in [2.75, 3.05) is 24.5 Å². The summed E-state index contributed by atoms with van der Waals surface area (Å²) in [7, 11) is 0. The highest BCUT2D eigenvalue weighted by Crippen LogP contribution is 2.45. The van der Waals surface area contributed by atoms with Gasteiger partial charge in [0.05, 0.1) is 15.5 Å². The van der Waals surface area contributed by atoms with E-state index in [-0.39, 0.29) is 10.8 Å². The monoisotopic (exact) mass is 414 g/mol. The van der Waals surface area contributed by atoms with Gasteiger partial charge in [-0.15, -0.1) is 0 Å². The van der Waals surface area contributed by atoms with Crippen molar-refractivity contribution in [2.24, 2.45) is 0 Å². The molecule has 1 N–H and O–H groups in total. The van der Waals surface area contributed by atoms with Gasteiger partial charge in [0.25, 0.3) is 0 Å². The first kappa shape index (κ1) is 15.8. The number of carboxylic acid groups (broad SMARTS) is 1. The van der Waals surface area contributed by atoms with E-state index in [1.54, 1.807) is 6.07 Å². The molecule has 1 aliphatic carbocycles. The Hall–Kier alpha value is -1.67. The molecular formula is C15H13BrClFN4O2. The van der Waals surface area contributed by atoms with Gasteiger partial charge in [0.15, 0.2) is 0 Å². The second-order valence-corrected chi connectivity index (χ2v) is 7.37. The Morgan fingerprint density at radius 1 is 1.33 bits per heavy atom. The molecule has 2 fully saturated rings. The largest absolute Gasteiger partial charge is 0.465 e. The Balaban J connectivity index is 1.77. The maximum absolute atomic E-state index is 14.0. The summed E-state index contributed by atoms with van der Waals surface area (Å²) in [6.07, 6.45) is 0.756. The number of hydrogen-bond donors (Lipinski definition) is 1. The van der Waals surface area contributed by atoms with E-state index in [0.29, 0.717) is 40.8 Å². The molecule has 9 heteroatoms. The van der Waals surface area contributed by atoms with Crippen LogP contribution in [-0.2, 0) is 0 Å². The van der Waals surface area contributed by atoms with Crippen molar-refractivity contribution in [3.63, 3.8) is 0 Å². The summed E-state index contributed by atoms with van der Waals surface area (Å²) in [4.78, 5) is 23.3. The molecule has 2 aliphatic rings. The van der Waals surface area contributed by atoms with Crippen molar-refractivity contribution in [1.29, 1.82) is 0 Å². The lowest BCUT2D eigenvalue weighted by Gasteiger charge is -2.41. The smallest absolute Gasteiger partial charge is 0.407 e. The fourth-order valence-corrected chi connectivity index (χ4v) is 3.85. The third kappa shape index (κ3) is 2.48. The minimum atomic E-state index is -0.896. The molecule has 0 unspecified atom stereocenters. The fraction of sp³-hybridized carbons (Fsp3) is 0.400. The molecule has 1 saturated heterocycles. The summed E-state index contributed by atoms with van der Waals surface area (Å²) in [5, 5.41) is 10.0. The van der Waals surface area contributed by atoms with Crippen LogP contribution in [0.15, 0.2) is 16.6 Å². The molecule has 1 saturated carbocycles. The van der Waals surface area contributed by atoms with Crippen LogP contribution in [0.4, 0.5) is 15.0 Å². The standard InChI is InChI=1S/C15H13BrClFN4O2/c16-9-6-11-8(5-10(9)18)12(20-13(17)19-11)21-3-4-22(14(23)24)15(7-21)1-2-15/h5-6H,1-4,7H2,(H,23,24). The summed E-state index contributed by atoms with van der Waals surface area (Å²) < 4.78 is 14.3. The van der Waals surface area contributed by atoms with Gasteiger partial charge in [0.2, 0.25) is 5.28 Å². The minimum Gasteiger partial charge on any atom is -0.465 e. The van der Waals surface area contributed by atoms with E-state index in [0.717, 1.165) is 12.8 Å². The molecule has 1 aliphatic heterocycles. The van der Waals surface area contributed by atoms with Crippen molar-refractivity contribution in [1.82, 2.24) is 14.9 Å². The van der Waals surface area contributed by atoms with Crippen LogP contribution >= 0.6 is 27.5 Å². The highest BCUT2D eigenvalue weighted by atomic mass is 79.9. The first-order chi connectivity index (χ1) is 11.4. The van der Waals surface area contributed by atoms with Crippen LogP contribution in [0.3, 0.4) is 0 Å². The summed E-state index contributed by atoms with van der Waals surface area (Å²) >= 11 is 9.19. The van der Waals surface area contributed by atoms with Crippen molar-refractivity contribution in [3.05, 3.63) is 27.7 Å². The summed E-state index contributed by atoms with van der Waals surface area (Å²) in [6.45, 7) is 1.39. The molecule has 0 bridgehead atoms. The molecular weight excluding hydrogens is 403 g/mol. The van der Waals surface area contributed by atoms with Crippen LogP contribution in [-0.4, -0.2) is 51.2 Å². The third-order valence-electron chi connectivity index (χ3n) is 4.70. The summed E-state index contributed by atoms with van der Waals surface area (Å²) in [5.74, 6) is 0.146. The van der Waals surface area contributed by atoms with Crippen molar-refractivity contribution in [3.8, 4) is 0 Å². The first-order valence-electron chi connectivity index (χ1n) is 7.47. The van der Waals surface area contributed by atoms with Gasteiger partial charge in [-0.3, -0.25) is 4.90 Å². The van der Waals surface area contributed by atoms with E-state index < -0.39 is 11.9 Å². The Labute approximate surface area is 150 Å². The topological polar surface area (TPSA) is 69.6 Å². The lowest BCUT2D eigenvalue weighted by atomic mass is 10.1. The van der Waals surface area contributed by atoms with Crippen LogP contribution in [0.2, 0.25) is 5.28 Å². The third-order valence-corrected chi connectivity index (χ3v) is 5.48. The van der Waals surface area contributed by atoms with Crippen molar-refractivity contribution in [2.45, 2.75) is 18.4 Å². The second-order valence-electron chi connectivity index (χ2n) is 6.18. The molecule has 2 heterocycles. The molecule has 1 amide bonds. The highest BCUT2D eigenvalue weighted by Gasteiger charge is 2.53. The Kier molecular flexibility index (Phi) is 3.58. The molecule has 24 heavy (non-hydrogen) atoms. The lowest BCUT2D eigenvalue weighted by molar-refractivity contribution is 0.110. The maximum Gasteiger partial charge on any atom is 0.407 e. The van der Waals surface area contributed by atoms with Gasteiger partial charge in [0.1, 0.15) is 11.6 Å². The molecule has 1 aromatic heterocycles. The zero-order chi connectivity index (χ0) is 17.1. The average Bonchev–Trinajstić information content (AvgIpc) is 3.27. The molecule has 0 atom stereocenters. The number of rotatable bonds is 1. The normalized spacial score (nSPS) is 19.1. The van der Waals surface area contributed by atoms with E-state index in [1.165, 1.54) is 11.0 Å². The Morgan fingerprint density at radius 2 is 2.08 bits per heavy atom. The van der Waals surface area contributed by atoms with Gasteiger partial charge in [0, 0.05) is 25.0 Å². The van der Waals surface area contributed by atoms with Gasteiger partial charge in [-0.05, 0) is 52.5 Å². The number of nitrogens with zero attached hydrogens (tertiary/aromatic N) is 4. The number of halogens is 3. The van der Waals surface area contributed by atoms with Gasteiger partial charge >= 0.3 is 6.09 Å². The molecule has 6 nitrogen and oxygen atoms in total. The number of amides is 1. The van der Waals surface area contributed by atoms with E-state index in [4.69, 9.17) is 11.6 Å². The van der Waals surface area contributed by atoms with Crippen LogP contribution in [0.25, 0.3) is 10.9 Å². The molecule has 126 valence electrons. The zero-order valence-corrected chi connectivity index (χ0v) is 14.8. The summed E-state index contributed by atoms with van der Waals surface area (Å²) in [6, 6.07) is 2.95. The quantitative estimate of drug-likeness (QED) is 0.722. The summed E-state index contributed by atoms with van der Waals surface area (Å²) in [5.41, 5.74) is 0.186. The van der Waals surface area contributed by atoms with Crippen molar-refractivity contribution < 1.29 is 14.3 Å². The van der Waals surface area contributed by atoms with E-state index in [1.807, 2.05) is 4.90 Å². The number of anilines is 1. The first-order valence-corrected chi connectivity index (χ1v) is 8.64. The number of piperazine rings is 1. The number of benzene rings is 1. The van der Waals surface area contributed by atoms with Crippen LogP contribution in [0.5, 0.6) is 0 Å². The van der Waals surface area contributed by atoms with E-state index in [9.17, 15) is 14.3 Å². The maximum atomic E-state index is 14.0. The van der Waals surface area contributed by atoms with Crippen molar-refractivity contribution >= 4 is 50.3 Å². The fourth-order valence-electron chi connectivity index (χ4n) is 3.35. The Morgan fingerprint density at radius 3 is 2.75 bits per heavy atom. The number of carbonyl (C=O) groups is 1. The van der Waals surface area contributed by atoms with Gasteiger partial charge < -0.3 is 10.0 Å².